The fraction of sp³-hybridized carbons (Fsp3) is 0.294. The zero-order valence-electron chi connectivity index (χ0n) is 22.1. The minimum Gasteiger partial charge on any atom is -0.508 e. The molecule has 0 spiro atoms. The smallest absolute Gasteiger partial charge is 0.126 e. The lowest BCUT2D eigenvalue weighted by Crippen LogP contribution is -2.32. The third-order valence-corrected chi connectivity index (χ3v) is 11.4. The molecule has 0 heterocycles. The second kappa shape index (κ2) is 14.0. The number of rotatable bonds is 14. The third kappa shape index (κ3) is 7.02. The third-order valence-electron chi connectivity index (χ3n) is 7.05. The van der Waals surface area contributed by atoms with Crippen molar-refractivity contribution in [3.05, 3.63) is 115 Å². The van der Waals surface area contributed by atoms with Crippen LogP contribution in [0.4, 0.5) is 0 Å². The van der Waals surface area contributed by atoms with Gasteiger partial charge in [-0.05, 0) is 61.0 Å². The van der Waals surface area contributed by atoms with Crippen molar-refractivity contribution in [1.82, 2.24) is 0 Å². The van der Waals surface area contributed by atoms with Crippen LogP contribution in [-0.4, -0.2) is 11.7 Å². The number of hydrogen-bond acceptors (Lipinski definition) is 2. The Labute approximate surface area is 223 Å². The van der Waals surface area contributed by atoms with Gasteiger partial charge in [-0.2, -0.15) is 0 Å². The van der Waals surface area contributed by atoms with Gasteiger partial charge in [-0.25, -0.2) is 0 Å². The van der Waals surface area contributed by atoms with Gasteiger partial charge in [-0.15, -0.1) is 0 Å². The highest BCUT2D eigenvalue weighted by molar-refractivity contribution is 7.95. The molecule has 0 saturated heterocycles. The van der Waals surface area contributed by atoms with Gasteiger partial charge in [-0.1, -0.05) is 100 Å². The Bertz CT molecular complexity index is 1100. The molecule has 4 aromatic rings. The Morgan fingerprint density at radius 2 is 1.08 bits per heavy atom. The predicted molar refractivity (Wildman–Crippen MR) is 160 cm³/mol. The number of unbranched alkanes of at least 4 members (excludes halogenated alkanes) is 6. The molecule has 0 aliphatic carbocycles. The van der Waals surface area contributed by atoms with Crippen molar-refractivity contribution in [3.8, 4) is 11.5 Å². The lowest BCUT2D eigenvalue weighted by molar-refractivity contribution is 0.301. The summed E-state index contributed by atoms with van der Waals surface area (Å²) in [6.45, 7) is 2.96. The van der Waals surface area contributed by atoms with E-state index in [9.17, 15) is 5.11 Å². The quantitative estimate of drug-likeness (QED) is 0.137. The first kappa shape index (κ1) is 27.0. The molecule has 4 aromatic carbocycles. The summed E-state index contributed by atoms with van der Waals surface area (Å²) in [5.74, 6) is 1.17. The molecule has 0 atom stereocenters. The van der Waals surface area contributed by atoms with Crippen molar-refractivity contribution in [2.24, 2.45) is 0 Å². The van der Waals surface area contributed by atoms with Gasteiger partial charge in [0.15, 0.2) is 0 Å². The first-order chi connectivity index (χ1) is 18.2. The SMILES string of the molecule is CCCCCCCCCOc1ccc(O)cc1C[P+](c1ccccc1)(c1ccccc1)c1ccccc1. The second-order valence-electron chi connectivity index (χ2n) is 9.74. The summed E-state index contributed by atoms with van der Waals surface area (Å²) in [6, 6.07) is 38.2. The largest absolute Gasteiger partial charge is 0.508 e. The standard InChI is InChI=1S/C34H39O2P/c1-2-3-4-5-6-7-17-26-36-34-25-24-30(35)27-29(34)28-37(31-18-11-8-12-19-31,32-20-13-9-14-21-32)33-22-15-10-16-23-33/h8-16,18-25,27H,2-7,17,26,28H2,1H3/p+1. The fourth-order valence-electron chi connectivity index (χ4n) is 5.10. The van der Waals surface area contributed by atoms with E-state index in [1.807, 2.05) is 12.1 Å². The van der Waals surface area contributed by atoms with Crippen molar-refractivity contribution in [2.45, 2.75) is 58.0 Å². The molecule has 0 saturated carbocycles. The topological polar surface area (TPSA) is 29.5 Å². The van der Waals surface area contributed by atoms with Crippen molar-refractivity contribution in [1.29, 1.82) is 0 Å². The predicted octanol–water partition coefficient (Wildman–Crippen LogP) is 8.02. The highest BCUT2D eigenvalue weighted by Gasteiger charge is 2.46. The Balaban J connectivity index is 1.66. The van der Waals surface area contributed by atoms with Crippen LogP contribution in [0.1, 0.15) is 57.4 Å². The van der Waals surface area contributed by atoms with Crippen LogP contribution >= 0.6 is 7.26 Å². The summed E-state index contributed by atoms with van der Waals surface area (Å²) in [5.41, 5.74) is 1.06. The lowest BCUT2D eigenvalue weighted by Gasteiger charge is -2.28. The van der Waals surface area contributed by atoms with Crippen LogP contribution in [0.5, 0.6) is 11.5 Å². The highest BCUT2D eigenvalue weighted by Crippen LogP contribution is 2.59. The Kier molecular flexibility index (Phi) is 10.2. The second-order valence-corrected chi connectivity index (χ2v) is 13.2. The molecule has 3 heteroatoms. The average molecular weight is 512 g/mol. The molecule has 0 radical (unpaired) electrons. The van der Waals surface area contributed by atoms with Gasteiger partial charge in [0.2, 0.25) is 0 Å². The molecule has 0 aliphatic rings. The highest BCUT2D eigenvalue weighted by atomic mass is 31.2. The van der Waals surface area contributed by atoms with Gasteiger partial charge in [0.1, 0.15) is 40.8 Å². The molecule has 192 valence electrons. The Morgan fingerprint density at radius 3 is 1.59 bits per heavy atom. The molecular weight excluding hydrogens is 471 g/mol. The van der Waals surface area contributed by atoms with E-state index in [0.29, 0.717) is 6.61 Å². The maximum atomic E-state index is 10.5. The van der Waals surface area contributed by atoms with Gasteiger partial charge < -0.3 is 9.84 Å². The fourth-order valence-corrected chi connectivity index (χ4v) is 9.34. The van der Waals surface area contributed by atoms with E-state index in [4.69, 9.17) is 4.74 Å². The number of phenolic OH excluding ortho intramolecular Hbond substituents is 1. The summed E-state index contributed by atoms with van der Waals surface area (Å²) in [4.78, 5) is 0. The summed E-state index contributed by atoms with van der Waals surface area (Å²) < 4.78 is 6.38. The molecular formula is C34H40O2P+. The maximum Gasteiger partial charge on any atom is 0.126 e. The van der Waals surface area contributed by atoms with Crippen LogP contribution < -0.4 is 20.7 Å². The van der Waals surface area contributed by atoms with E-state index in [0.717, 1.165) is 23.9 Å². The normalized spacial score (nSPS) is 11.4. The number of benzene rings is 4. The molecule has 0 aromatic heterocycles. The van der Waals surface area contributed by atoms with Gasteiger partial charge in [0, 0.05) is 5.56 Å². The van der Waals surface area contributed by atoms with E-state index >= 15 is 0 Å². The van der Waals surface area contributed by atoms with Crippen molar-refractivity contribution in [3.63, 3.8) is 0 Å². The molecule has 0 amide bonds. The minimum atomic E-state index is -2.07. The Morgan fingerprint density at radius 1 is 0.595 bits per heavy atom. The lowest BCUT2D eigenvalue weighted by atomic mass is 10.1. The first-order valence-electron chi connectivity index (χ1n) is 13.7. The maximum absolute atomic E-state index is 10.5. The van der Waals surface area contributed by atoms with Crippen molar-refractivity contribution >= 4 is 23.2 Å². The molecule has 0 bridgehead atoms. The zero-order chi connectivity index (χ0) is 25.8. The van der Waals surface area contributed by atoms with E-state index < -0.39 is 7.26 Å². The molecule has 1 N–H and O–H groups in total. The molecule has 0 aliphatic heterocycles. The molecule has 4 rings (SSSR count). The molecule has 0 fully saturated rings. The number of phenols is 1. The summed E-state index contributed by atoms with van der Waals surface area (Å²) in [6.07, 6.45) is 9.59. The van der Waals surface area contributed by atoms with E-state index in [-0.39, 0.29) is 5.75 Å². The zero-order valence-corrected chi connectivity index (χ0v) is 23.0. The number of aromatic hydroxyl groups is 1. The molecule has 2 nitrogen and oxygen atoms in total. The number of ether oxygens (including phenoxy) is 1. The Hall–Kier alpha value is -3.09. The van der Waals surface area contributed by atoms with E-state index in [1.165, 1.54) is 54.4 Å². The van der Waals surface area contributed by atoms with Crippen molar-refractivity contribution in [2.75, 3.05) is 6.61 Å². The van der Waals surface area contributed by atoms with Crippen molar-refractivity contribution < 1.29 is 9.84 Å². The average Bonchev–Trinajstić information content (AvgIpc) is 2.95. The molecule has 37 heavy (non-hydrogen) atoms. The van der Waals surface area contributed by atoms with Crippen LogP contribution in [0.2, 0.25) is 0 Å². The van der Waals surface area contributed by atoms with Crippen LogP contribution in [-0.2, 0) is 6.16 Å². The number of hydrogen-bond donors (Lipinski definition) is 1. The van der Waals surface area contributed by atoms with Gasteiger partial charge in [-0.3, -0.25) is 0 Å². The summed E-state index contributed by atoms with van der Waals surface area (Å²) >= 11 is 0. The first-order valence-corrected chi connectivity index (χ1v) is 15.7. The van der Waals surface area contributed by atoms with Gasteiger partial charge in [0.25, 0.3) is 0 Å². The van der Waals surface area contributed by atoms with Crippen LogP contribution in [0.3, 0.4) is 0 Å². The van der Waals surface area contributed by atoms with Crippen LogP contribution in [0, 0.1) is 0 Å². The summed E-state index contributed by atoms with van der Waals surface area (Å²) in [5, 5.41) is 14.5. The van der Waals surface area contributed by atoms with Gasteiger partial charge in [0.05, 0.1) is 6.61 Å². The van der Waals surface area contributed by atoms with E-state index in [1.54, 1.807) is 6.07 Å². The molecule has 0 unspecified atom stereocenters. The van der Waals surface area contributed by atoms with E-state index in [2.05, 4.69) is 97.9 Å². The van der Waals surface area contributed by atoms with Crippen LogP contribution in [0.25, 0.3) is 0 Å². The minimum absolute atomic E-state index is 0.283. The summed E-state index contributed by atoms with van der Waals surface area (Å²) in [7, 11) is -2.07. The van der Waals surface area contributed by atoms with Crippen LogP contribution in [0.15, 0.2) is 109 Å². The van der Waals surface area contributed by atoms with Gasteiger partial charge >= 0.3 is 0 Å². The monoisotopic (exact) mass is 511 g/mol.